The monoisotopic (exact) mass is 274 g/mol. The molecule has 1 heterocycles. The Hall–Kier alpha value is -0.510. The molecule has 0 amide bonds. The van der Waals surface area contributed by atoms with Crippen molar-refractivity contribution in [2.75, 3.05) is 0 Å². The van der Waals surface area contributed by atoms with Crippen LogP contribution in [0.2, 0.25) is 10.0 Å². The molecular formula is C11H12Cl2N2S. The van der Waals surface area contributed by atoms with Crippen molar-refractivity contribution in [1.29, 1.82) is 0 Å². The van der Waals surface area contributed by atoms with Gasteiger partial charge in [0.2, 0.25) is 0 Å². The Bertz CT molecular complexity index is 605. The van der Waals surface area contributed by atoms with Crippen molar-refractivity contribution in [3.63, 3.8) is 0 Å². The number of H-pyrrole nitrogens is 1. The quantitative estimate of drug-likeness (QED) is 0.687. The number of rotatable bonds is 0. The van der Waals surface area contributed by atoms with Crippen LogP contribution in [0.4, 0.5) is 0 Å². The molecule has 1 aromatic carbocycles. The van der Waals surface area contributed by atoms with Gasteiger partial charge in [0.25, 0.3) is 0 Å². The number of aromatic nitrogens is 2. The number of nitrogens with one attached hydrogen (secondary N) is 1. The lowest BCUT2D eigenvalue weighted by atomic mass is 10.1. The van der Waals surface area contributed by atoms with E-state index in [0.29, 0.717) is 14.8 Å². The zero-order valence-corrected chi connectivity index (χ0v) is 11.6. The van der Waals surface area contributed by atoms with Crippen molar-refractivity contribution in [2.24, 2.45) is 0 Å². The van der Waals surface area contributed by atoms with E-state index in [9.17, 15) is 0 Å². The predicted octanol–water partition coefficient (Wildman–Crippen LogP) is 4.76. The van der Waals surface area contributed by atoms with Crippen LogP contribution in [-0.4, -0.2) is 9.55 Å². The summed E-state index contributed by atoms with van der Waals surface area (Å²) < 4.78 is 2.72. The maximum atomic E-state index is 6.03. The van der Waals surface area contributed by atoms with Crippen LogP contribution in [0.5, 0.6) is 0 Å². The molecule has 0 atom stereocenters. The van der Waals surface area contributed by atoms with Crippen molar-refractivity contribution in [2.45, 2.75) is 26.3 Å². The minimum atomic E-state index is -0.0908. The van der Waals surface area contributed by atoms with Gasteiger partial charge in [-0.15, -0.1) is 0 Å². The topological polar surface area (TPSA) is 20.7 Å². The molecule has 2 rings (SSSR count). The van der Waals surface area contributed by atoms with Crippen LogP contribution in [0.3, 0.4) is 0 Å². The normalized spacial score (nSPS) is 12.3. The number of benzene rings is 1. The van der Waals surface area contributed by atoms with E-state index in [1.165, 1.54) is 0 Å². The van der Waals surface area contributed by atoms with Crippen LogP contribution in [0.1, 0.15) is 20.8 Å². The second-order valence-corrected chi connectivity index (χ2v) is 5.92. The summed E-state index contributed by atoms with van der Waals surface area (Å²) in [5.74, 6) is 0. The van der Waals surface area contributed by atoms with Gasteiger partial charge >= 0.3 is 0 Å². The molecule has 0 saturated carbocycles. The van der Waals surface area contributed by atoms with Gasteiger partial charge in [0.15, 0.2) is 4.77 Å². The highest BCUT2D eigenvalue weighted by atomic mass is 35.5. The molecule has 0 saturated heterocycles. The Labute approximate surface area is 109 Å². The molecule has 0 unspecified atom stereocenters. The molecule has 0 aliphatic carbocycles. The van der Waals surface area contributed by atoms with E-state index in [4.69, 9.17) is 35.4 Å². The van der Waals surface area contributed by atoms with Gasteiger partial charge in [-0.25, -0.2) is 0 Å². The predicted molar refractivity (Wildman–Crippen MR) is 72.1 cm³/mol. The fourth-order valence-corrected chi connectivity index (χ4v) is 2.57. The fraction of sp³-hybridized carbons (Fsp3) is 0.364. The molecule has 0 spiro atoms. The van der Waals surface area contributed by atoms with Gasteiger partial charge in [-0.1, -0.05) is 23.2 Å². The van der Waals surface area contributed by atoms with Gasteiger partial charge in [0.05, 0.1) is 21.1 Å². The number of fused-ring (bicyclic) bond motifs is 1. The average molecular weight is 275 g/mol. The Balaban J connectivity index is 2.90. The van der Waals surface area contributed by atoms with E-state index in [1.54, 1.807) is 6.07 Å². The van der Waals surface area contributed by atoms with Crippen LogP contribution >= 0.6 is 35.4 Å². The van der Waals surface area contributed by atoms with Crippen molar-refractivity contribution in [3.05, 3.63) is 26.9 Å². The number of hydrogen-bond acceptors (Lipinski definition) is 1. The Morgan fingerprint density at radius 1 is 1.19 bits per heavy atom. The van der Waals surface area contributed by atoms with Gasteiger partial charge in [-0.05, 0) is 45.1 Å². The molecule has 0 bridgehead atoms. The first-order chi connectivity index (χ1) is 7.30. The second-order valence-electron chi connectivity index (χ2n) is 4.72. The van der Waals surface area contributed by atoms with Crippen molar-refractivity contribution in [1.82, 2.24) is 9.55 Å². The van der Waals surface area contributed by atoms with Crippen molar-refractivity contribution >= 4 is 46.5 Å². The molecular weight excluding hydrogens is 263 g/mol. The minimum Gasteiger partial charge on any atom is -0.331 e. The van der Waals surface area contributed by atoms with Gasteiger partial charge in [0.1, 0.15) is 0 Å². The summed E-state index contributed by atoms with van der Waals surface area (Å²) in [7, 11) is 0. The summed E-state index contributed by atoms with van der Waals surface area (Å²) in [6.07, 6.45) is 0. The van der Waals surface area contributed by atoms with Gasteiger partial charge in [-0.3, -0.25) is 0 Å². The van der Waals surface area contributed by atoms with Crippen LogP contribution in [0.15, 0.2) is 12.1 Å². The molecule has 16 heavy (non-hydrogen) atoms. The van der Waals surface area contributed by atoms with E-state index in [1.807, 2.05) is 10.6 Å². The van der Waals surface area contributed by atoms with E-state index in [-0.39, 0.29) is 5.54 Å². The third kappa shape index (κ3) is 1.88. The van der Waals surface area contributed by atoms with Gasteiger partial charge in [0, 0.05) is 5.54 Å². The Morgan fingerprint density at radius 2 is 1.75 bits per heavy atom. The zero-order valence-electron chi connectivity index (χ0n) is 9.27. The first-order valence-electron chi connectivity index (χ1n) is 4.91. The van der Waals surface area contributed by atoms with Crippen LogP contribution in [0, 0.1) is 4.77 Å². The third-order valence-electron chi connectivity index (χ3n) is 2.40. The first kappa shape index (κ1) is 12.0. The van der Waals surface area contributed by atoms with E-state index in [2.05, 4.69) is 25.8 Å². The maximum absolute atomic E-state index is 6.03. The van der Waals surface area contributed by atoms with E-state index < -0.39 is 0 Å². The summed E-state index contributed by atoms with van der Waals surface area (Å²) >= 11 is 17.3. The lowest BCUT2D eigenvalue weighted by Gasteiger charge is -2.21. The van der Waals surface area contributed by atoms with E-state index >= 15 is 0 Å². The smallest absolute Gasteiger partial charge is 0.178 e. The lowest BCUT2D eigenvalue weighted by Crippen LogP contribution is -2.21. The highest BCUT2D eigenvalue weighted by molar-refractivity contribution is 7.71. The minimum absolute atomic E-state index is 0.0908. The average Bonchev–Trinajstić information content (AvgIpc) is 2.40. The molecule has 1 N–H and O–H groups in total. The van der Waals surface area contributed by atoms with Crippen molar-refractivity contribution in [3.8, 4) is 0 Å². The van der Waals surface area contributed by atoms with Gasteiger partial charge < -0.3 is 9.55 Å². The molecule has 5 heteroatoms. The molecule has 86 valence electrons. The zero-order chi connectivity index (χ0) is 12.1. The molecule has 0 aliphatic rings. The summed E-state index contributed by atoms with van der Waals surface area (Å²) in [5.41, 5.74) is 1.80. The Kier molecular flexibility index (Phi) is 2.81. The molecule has 2 nitrogen and oxygen atoms in total. The van der Waals surface area contributed by atoms with Crippen molar-refractivity contribution < 1.29 is 0 Å². The summed E-state index contributed by atoms with van der Waals surface area (Å²) in [5, 5.41) is 1.08. The summed E-state index contributed by atoms with van der Waals surface area (Å²) in [6, 6.07) is 3.65. The van der Waals surface area contributed by atoms with Crippen LogP contribution < -0.4 is 0 Å². The largest absolute Gasteiger partial charge is 0.331 e. The second kappa shape index (κ2) is 3.76. The highest BCUT2D eigenvalue weighted by Gasteiger charge is 2.18. The number of hydrogen-bond donors (Lipinski definition) is 1. The fourth-order valence-electron chi connectivity index (χ4n) is 1.77. The third-order valence-corrected chi connectivity index (χ3v) is 3.40. The molecule has 0 aliphatic heterocycles. The molecule has 0 fully saturated rings. The number of nitrogens with zero attached hydrogens (tertiary/aromatic N) is 1. The van der Waals surface area contributed by atoms with E-state index in [0.717, 1.165) is 11.0 Å². The number of aromatic amines is 1. The lowest BCUT2D eigenvalue weighted by molar-refractivity contribution is 0.404. The number of imidazole rings is 1. The summed E-state index contributed by atoms with van der Waals surface area (Å²) in [6.45, 7) is 6.29. The van der Waals surface area contributed by atoms with Crippen LogP contribution in [-0.2, 0) is 5.54 Å². The SMILES string of the molecule is CC(C)(C)n1c(=S)[nH]c2cc(Cl)c(Cl)cc21. The molecule has 0 radical (unpaired) electrons. The standard InChI is InChI=1S/C11H12Cl2N2S/c1-11(2,3)15-9-5-7(13)6(12)4-8(9)14-10(15)16/h4-5H,1-3H3,(H,14,16). The highest BCUT2D eigenvalue weighted by Crippen LogP contribution is 2.30. The van der Waals surface area contributed by atoms with Gasteiger partial charge in [-0.2, -0.15) is 0 Å². The van der Waals surface area contributed by atoms with Crippen LogP contribution in [0.25, 0.3) is 11.0 Å². The Morgan fingerprint density at radius 3 is 2.31 bits per heavy atom. The maximum Gasteiger partial charge on any atom is 0.178 e. The summed E-state index contributed by atoms with van der Waals surface area (Å²) in [4.78, 5) is 3.14. The first-order valence-corrected chi connectivity index (χ1v) is 6.07. The molecule has 2 aromatic rings. The molecule has 1 aromatic heterocycles. The number of halogens is 2.